The SMILES string of the molecule is CC(O)CN1CCN(C(=O)Cc2c(F)cccc2Cl)CC1. The molecule has 0 bridgehead atoms. The van der Waals surface area contributed by atoms with Crippen molar-refractivity contribution in [2.45, 2.75) is 19.4 Å². The zero-order chi connectivity index (χ0) is 15.4. The lowest BCUT2D eigenvalue weighted by Gasteiger charge is -2.35. The zero-order valence-electron chi connectivity index (χ0n) is 12.1. The van der Waals surface area contributed by atoms with E-state index in [1.54, 1.807) is 17.9 Å². The van der Waals surface area contributed by atoms with Crippen molar-refractivity contribution < 1.29 is 14.3 Å². The molecule has 1 unspecified atom stereocenters. The van der Waals surface area contributed by atoms with Crippen molar-refractivity contribution in [2.75, 3.05) is 32.7 Å². The van der Waals surface area contributed by atoms with E-state index in [4.69, 9.17) is 11.6 Å². The second-order valence-electron chi connectivity index (χ2n) is 5.41. The van der Waals surface area contributed by atoms with Crippen LogP contribution in [-0.4, -0.2) is 59.6 Å². The highest BCUT2D eigenvalue weighted by molar-refractivity contribution is 6.31. The third-order valence-electron chi connectivity index (χ3n) is 3.64. The van der Waals surface area contributed by atoms with Gasteiger partial charge in [-0.15, -0.1) is 0 Å². The Balaban J connectivity index is 1.91. The number of halogens is 2. The van der Waals surface area contributed by atoms with Crippen molar-refractivity contribution in [3.8, 4) is 0 Å². The average Bonchev–Trinajstić information content (AvgIpc) is 2.43. The Bertz CT molecular complexity index is 482. The van der Waals surface area contributed by atoms with E-state index in [1.165, 1.54) is 12.1 Å². The van der Waals surface area contributed by atoms with Crippen LogP contribution in [0.3, 0.4) is 0 Å². The summed E-state index contributed by atoms with van der Waals surface area (Å²) in [5.41, 5.74) is 0.260. The first kappa shape index (κ1) is 16.2. The minimum atomic E-state index is -0.441. The summed E-state index contributed by atoms with van der Waals surface area (Å²) >= 11 is 5.95. The van der Waals surface area contributed by atoms with E-state index in [0.717, 1.165) is 13.1 Å². The van der Waals surface area contributed by atoms with Crippen LogP contribution < -0.4 is 0 Å². The Morgan fingerprint density at radius 2 is 2.05 bits per heavy atom. The van der Waals surface area contributed by atoms with E-state index in [-0.39, 0.29) is 29.0 Å². The summed E-state index contributed by atoms with van der Waals surface area (Å²) in [6.07, 6.45) is -0.383. The molecule has 0 radical (unpaired) electrons. The van der Waals surface area contributed by atoms with Crippen LogP contribution in [-0.2, 0) is 11.2 Å². The topological polar surface area (TPSA) is 43.8 Å². The predicted octanol–water partition coefficient (Wildman–Crippen LogP) is 1.55. The fraction of sp³-hybridized carbons (Fsp3) is 0.533. The molecule has 1 aliphatic heterocycles. The van der Waals surface area contributed by atoms with Gasteiger partial charge in [0.25, 0.3) is 0 Å². The van der Waals surface area contributed by atoms with Gasteiger partial charge in [0.15, 0.2) is 0 Å². The van der Waals surface area contributed by atoms with Crippen molar-refractivity contribution in [3.63, 3.8) is 0 Å². The van der Waals surface area contributed by atoms with Crippen LogP contribution >= 0.6 is 11.6 Å². The average molecular weight is 315 g/mol. The summed E-state index contributed by atoms with van der Waals surface area (Å²) in [5.74, 6) is -0.553. The van der Waals surface area contributed by atoms with Crippen LogP contribution in [0.2, 0.25) is 5.02 Å². The summed E-state index contributed by atoms with van der Waals surface area (Å²) in [5, 5.41) is 9.65. The fourth-order valence-electron chi connectivity index (χ4n) is 2.52. The van der Waals surface area contributed by atoms with E-state index in [9.17, 15) is 14.3 Å². The molecule has 1 amide bonds. The number of rotatable bonds is 4. The maximum atomic E-state index is 13.7. The molecular formula is C15H20ClFN2O2. The van der Waals surface area contributed by atoms with Gasteiger partial charge in [0.2, 0.25) is 5.91 Å². The first-order valence-electron chi connectivity index (χ1n) is 7.08. The minimum absolute atomic E-state index is 0.0120. The number of hydrogen-bond acceptors (Lipinski definition) is 3. The number of aliphatic hydroxyl groups is 1. The van der Waals surface area contributed by atoms with Crippen LogP contribution in [0.4, 0.5) is 4.39 Å². The first-order valence-corrected chi connectivity index (χ1v) is 7.46. The second kappa shape index (κ2) is 7.20. The van der Waals surface area contributed by atoms with Crippen molar-refractivity contribution in [2.24, 2.45) is 0 Å². The molecule has 0 saturated carbocycles. The Kier molecular flexibility index (Phi) is 5.56. The lowest BCUT2D eigenvalue weighted by atomic mass is 10.1. The normalized spacial score (nSPS) is 17.8. The maximum absolute atomic E-state index is 13.7. The summed E-state index contributed by atoms with van der Waals surface area (Å²) < 4.78 is 13.7. The molecule has 0 spiro atoms. The van der Waals surface area contributed by atoms with E-state index < -0.39 is 5.82 Å². The van der Waals surface area contributed by atoms with E-state index in [2.05, 4.69) is 4.90 Å². The Labute approximate surface area is 129 Å². The Hall–Kier alpha value is -1.17. The third-order valence-corrected chi connectivity index (χ3v) is 3.99. The lowest BCUT2D eigenvalue weighted by molar-refractivity contribution is -0.132. The number of β-amino-alcohol motifs (C(OH)–C–C–N with tert-alkyl or cyclic N) is 1. The number of amides is 1. The maximum Gasteiger partial charge on any atom is 0.227 e. The number of aliphatic hydroxyl groups excluding tert-OH is 1. The number of carbonyl (C=O) groups excluding carboxylic acids is 1. The van der Waals surface area contributed by atoms with Crippen LogP contribution in [0.5, 0.6) is 0 Å². The van der Waals surface area contributed by atoms with Crippen LogP contribution in [0.15, 0.2) is 18.2 Å². The van der Waals surface area contributed by atoms with Gasteiger partial charge in [-0.2, -0.15) is 0 Å². The highest BCUT2D eigenvalue weighted by Crippen LogP contribution is 2.20. The molecular weight excluding hydrogens is 295 g/mol. The molecule has 116 valence electrons. The van der Waals surface area contributed by atoms with Crippen LogP contribution in [0, 0.1) is 5.82 Å². The summed E-state index contributed by atoms with van der Waals surface area (Å²) in [6, 6.07) is 4.43. The summed E-state index contributed by atoms with van der Waals surface area (Å²) in [6.45, 7) is 5.00. The molecule has 1 aromatic carbocycles. The Morgan fingerprint density at radius 3 is 2.62 bits per heavy atom. The van der Waals surface area contributed by atoms with Gasteiger partial charge in [0, 0.05) is 43.3 Å². The molecule has 0 aromatic heterocycles. The molecule has 1 aliphatic rings. The summed E-state index contributed by atoms with van der Waals surface area (Å²) in [4.78, 5) is 16.1. The van der Waals surface area contributed by atoms with Gasteiger partial charge < -0.3 is 10.0 Å². The number of nitrogens with zero attached hydrogens (tertiary/aromatic N) is 2. The number of hydrogen-bond donors (Lipinski definition) is 1. The van der Waals surface area contributed by atoms with Crippen LogP contribution in [0.1, 0.15) is 12.5 Å². The predicted molar refractivity (Wildman–Crippen MR) is 79.8 cm³/mol. The number of piperazine rings is 1. The van der Waals surface area contributed by atoms with Gasteiger partial charge in [0.1, 0.15) is 5.82 Å². The quantitative estimate of drug-likeness (QED) is 0.917. The van der Waals surface area contributed by atoms with Crippen molar-refractivity contribution in [1.82, 2.24) is 9.80 Å². The highest BCUT2D eigenvalue weighted by atomic mass is 35.5. The van der Waals surface area contributed by atoms with E-state index in [1.807, 2.05) is 0 Å². The molecule has 1 N–H and O–H groups in total. The van der Waals surface area contributed by atoms with Crippen molar-refractivity contribution in [3.05, 3.63) is 34.6 Å². The number of carbonyl (C=O) groups is 1. The lowest BCUT2D eigenvalue weighted by Crippen LogP contribution is -2.50. The van der Waals surface area contributed by atoms with Gasteiger partial charge in [0.05, 0.1) is 12.5 Å². The molecule has 2 rings (SSSR count). The molecule has 1 aromatic rings. The van der Waals surface area contributed by atoms with Crippen molar-refractivity contribution in [1.29, 1.82) is 0 Å². The molecule has 1 atom stereocenters. The van der Waals surface area contributed by atoms with Crippen LogP contribution in [0.25, 0.3) is 0 Å². The largest absolute Gasteiger partial charge is 0.392 e. The number of benzene rings is 1. The minimum Gasteiger partial charge on any atom is -0.392 e. The van der Waals surface area contributed by atoms with Gasteiger partial charge >= 0.3 is 0 Å². The van der Waals surface area contributed by atoms with Crippen molar-refractivity contribution >= 4 is 17.5 Å². The monoisotopic (exact) mass is 314 g/mol. The van der Waals surface area contributed by atoms with E-state index >= 15 is 0 Å². The van der Waals surface area contributed by atoms with Gasteiger partial charge in [-0.05, 0) is 19.1 Å². The first-order chi connectivity index (χ1) is 9.97. The molecule has 21 heavy (non-hydrogen) atoms. The third kappa shape index (κ3) is 4.40. The molecule has 1 fully saturated rings. The standard InChI is InChI=1S/C15H20ClFN2O2/c1-11(20)10-18-5-7-19(8-6-18)15(21)9-12-13(16)3-2-4-14(12)17/h2-4,11,20H,5-10H2,1H3. The van der Waals surface area contributed by atoms with E-state index in [0.29, 0.717) is 19.6 Å². The fourth-order valence-corrected chi connectivity index (χ4v) is 2.75. The molecule has 4 nitrogen and oxygen atoms in total. The van der Waals surface area contributed by atoms with Gasteiger partial charge in [-0.25, -0.2) is 4.39 Å². The summed E-state index contributed by atoms with van der Waals surface area (Å²) in [7, 11) is 0. The smallest absolute Gasteiger partial charge is 0.227 e. The zero-order valence-corrected chi connectivity index (χ0v) is 12.8. The molecule has 1 saturated heterocycles. The van der Waals surface area contributed by atoms with Gasteiger partial charge in [-0.3, -0.25) is 9.69 Å². The van der Waals surface area contributed by atoms with Gasteiger partial charge in [-0.1, -0.05) is 17.7 Å². The molecule has 1 heterocycles. The highest BCUT2D eigenvalue weighted by Gasteiger charge is 2.23. The second-order valence-corrected chi connectivity index (χ2v) is 5.81. The molecule has 6 heteroatoms. The molecule has 0 aliphatic carbocycles. The Morgan fingerprint density at radius 1 is 1.38 bits per heavy atom.